The van der Waals surface area contributed by atoms with Crippen LogP contribution in [0, 0.1) is 5.92 Å². The van der Waals surface area contributed by atoms with Crippen LogP contribution in [0.25, 0.3) is 0 Å². The van der Waals surface area contributed by atoms with Gasteiger partial charge < -0.3 is 9.64 Å². The lowest BCUT2D eigenvalue weighted by Crippen LogP contribution is -2.54. The highest BCUT2D eigenvalue weighted by Gasteiger charge is 2.29. The maximum Gasteiger partial charge on any atom is 0.277 e. The largest absolute Gasteiger partial charge is 0.378 e. The van der Waals surface area contributed by atoms with Crippen molar-refractivity contribution in [2.45, 2.75) is 33.2 Å². The van der Waals surface area contributed by atoms with Crippen molar-refractivity contribution >= 4 is 16.1 Å². The Morgan fingerprint density at radius 2 is 1.90 bits per heavy atom. The number of ether oxygens (including phenoxy) is 1. The normalized spacial score (nSPS) is 18.3. The third-order valence-electron chi connectivity index (χ3n) is 2.96. The molecule has 7 nitrogen and oxygen atoms in total. The summed E-state index contributed by atoms with van der Waals surface area (Å²) in [6.45, 7) is 7.92. The molecule has 0 aromatic carbocycles. The van der Waals surface area contributed by atoms with Gasteiger partial charge >= 0.3 is 0 Å². The van der Waals surface area contributed by atoms with E-state index in [-0.39, 0.29) is 18.4 Å². The predicted molar refractivity (Wildman–Crippen MR) is 76.4 cm³/mol. The SMILES string of the molecule is CCNS(=O)(=O)NC(CC(C)C)C(=O)N1CCOCC1. The van der Waals surface area contributed by atoms with Gasteiger partial charge in [0, 0.05) is 19.6 Å². The van der Waals surface area contributed by atoms with Crippen molar-refractivity contribution in [3.63, 3.8) is 0 Å². The molecule has 1 heterocycles. The van der Waals surface area contributed by atoms with Crippen LogP contribution in [-0.2, 0) is 19.7 Å². The van der Waals surface area contributed by atoms with E-state index in [2.05, 4.69) is 9.44 Å². The summed E-state index contributed by atoms with van der Waals surface area (Å²) in [5.74, 6) is 0.0396. The third kappa shape index (κ3) is 5.74. The molecule has 1 aliphatic heterocycles. The van der Waals surface area contributed by atoms with E-state index in [0.29, 0.717) is 32.7 Å². The molecule has 0 saturated carbocycles. The molecular formula is C12H25N3O4S. The zero-order valence-corrected chi connectivity index (χ0v) is 13.2. The molecule has 20 heavy (non-hydrogen) atoms. The van der Waals surface area contributed by atoms with Gasteiger partial charge in [-0.05, 0) is 12.3 Å². The molecule has 118 valence electrons. The van der Waals surface area contributed by atoms with Crippen molar-refractivity contribution in [2.24, 2.45) is 5.92 Å². The molecule has 2 N–H and O–H groups in total. The van der Waals surface area contributed by atoms with E-state index in [1.54, 1.807) is 11.8 Å². The van der Waals surface area contributed by atoms with Crippen LogP contribution >= 0.6 is 0 Å². The number of nitrogens with zero attached hydrogens (tertiary/aromatic N) is 1. The minimum atomic E-state index is -3.64. The summed E-state index contributed by atoms with van der Waals surface area (Å²) in [7, 11) is -3.64. The number of morpholine rings is 1. The average molecular weight is 307 g/mol. The van der Waals surface area contributed by atoms with Gasteiger partial charge in [-0.1, -0.05) is 20.8 Å². The van der Waals surface area contributed by atoms with Gasteiger partial charge in [-0.15, -0.1) is 0 Å². The lowest BCUT2D eigenvalue weighted by atomic mass is 10.0. The first-order chi connectivity index (χ1) is 9.35. The van der Waals surface area contributed by atoms with Gasteiger partial charge in [0.2, 0.25) is 5.91 Å². The van der Waals surface area contributed by atoms with E-state index in [1.807, 2.05) is 13.8 Å². The molecule has 1 aliphatic rings. The molecule has 0 aromatic rings. The van der Waals surface area contributed by atoms with Crippen molar-refractivity contribution < 1.29 is 17.9 Å². The van der Waals surface area contributed by atoms with Gasteiger partial charge in [0.1, 0.15) is 6.04 Å². The molecule has 1 atom stereocenters. The van der Waals surface area contributed by atoms with Crippen molar-refractivity contribution in [3.05, 3.63) is 0 Å². The summed E-state index contributed by atoms with van der Waals surface area (Å²) in [6, 6.07) is -0.725. The second-order valence-electron chi connectivity index (χ2n) is 5.24. The minimum Gasteiger partial charge on any atom is -0.378 e. The number of hydrogen-bond acceptors (Lipinski definition) is 4. The molecule has 8 heteroatoms. The zero-order chi connectivity index (χ0) is 15.2. The van der Waals surface area contributed by atoms with Gasteiger partial charge in [-0.25, -0.2) is 4.72 Å². The van der Waals surface area contributed by atoms with E-state index in [9.17, 15) is 13.2 Å². The monoisotopic (exact) mass is 307 g/mol. The van der Waals surface area contributed by atoms with Crippen molar-refractivity contribution in [1.82, 2.24) is 14.3 Å². The Kier molecular flexibility index (Phi) is 6.87. The van der Waals surface area contributed by atoms with Gasteiger partial charge in [0.25, 0.3) is 10.2 Å². The number of rotatable bonds is 7. The van der Waals surface area contributed by atoms with Crippen LogP contribution in [0.15, 0.2) is 0 Å². The van der Waals surface area contributed by atoms with Crippen molar-refractivity contribution in [3.8, 4) is 0 Å². The minimum absolute atomic E-state index is 0.177. The summed E-state index contributed by atoms with van der Waals surface area (Å²) < 4.78 is 33.6. The van der Waals surface area contributed by atoms with Gasteiger partial charge in [0.05, 0.1) is 13.2 Å². The standard InChI is InChI=1S/C12H25N3O4S/c1-4-13-20(17,18)14-11(9-10(2)3)12(16)15-5-7-19-8-6-15/h10-11,13-14H,4-9H2,1-3H3. The first-order valence-electron chi connectivity index (χ1n) is 6.99. The number of hydrogen-bond donors (Lipinski definition) is 2. The quantitative estimate of drug-likeness (QED) is 0.676. The fourth-order valence-electron chi connectivity index (χ4n) is 2.09. The van der Waals surface area contributed by atoms with Gasteiger partial charge in [-0.3, -0.25) is 4.79 Å². The zero-order valence-electron chi connectivity index (χ0n) is 12.4. The molecule has 0 radical (unpaired) electrons. The van der Waals surface area contributed by atoms with E-state index in [1.165, 1.54) is 0 Å². The molecule has 0 bridgehead atoms. The summed E-state index contributed by atoms with van der Waals surface area (Å²) in [4.78, 5) is 14.1. The summed E-state index contributed by atoms with van der Waals surface area (Å²) in [5, 5.41) is 0. The Hall–Kier alpha value is -0.700. The fourth-order valence-corrected chi connectivity index (χ4v) is 3.13. The van der Waals surface area contributed by atoms with Crippen molar-refractivity contribution in [1.29, 1.82) is 0 Å². The van der Waals surface area contributed by atoms with E-state index >= 15 is 0 Å². The van der Waals surface area contributed by atoms with Crippen LogP contribution in [0.3, 0.4) is 0 Å². The van der Waals surface area contributed by atoms with E-state index < -0.39 is 16.3 Å². The Bertz CT molecular complexity index is 405. The highest BCUT2D eigenvalue weighted by atomic mass is 32.2. The van der Waals surface area contributed by atoms with E-state index in [0.717, 1.165) is 0 Å². The van der Waals surface area contributed by atoms with Gasteiger partial charge in [-0.2, -0.15) is 13.1 Å². The summed E-state index contributed by atoms with van der Waals surface area (Å²) >= 11 is 0. The Balaban J connectivity index is 2.74. The first-order valence-corrected chi connectivity index (χ1v) is 8.47. The molecule has 1 amide bonds. The van der Waals surface area contributed by atoms with E-state index in [4.69, 9.17) is 4.74 Å². The van der Waals surface area contributed by atoms with Gasteiger partial charge in [0.15, 0.2) is 0 Å². The molecule has 1 saturated heterocycles. The number of carbonyl (C=O) groups is 1. The molecular weight excluding hydrogens is 282 g/mol. The molecule has 1 unspecified atom stereocenters. The first kappa shape index (κ1) is 17.4. The molecule has 0 aliphatic carbocycles. The second kappa shape index (κ2) is 7.92. The maximum absolute atomic E-state index is 12.4. The molecule has 0 spiro atoms. The lowest BCUT2D eigenvalue weighted by molar-refractivity contribution is -0.137. The molecule has 1 fully saturated rings. The van der Waals surface area contributed by atoms with Crippen LogP contribution < -0.4 is 9.44 Å². The number of nitrogens with one attached hydrogen (secondary N) is 2. The number of amides is 1. The number of carbonyl (C=O) groups excluding carboxylic acids is 1. The third-order valence-corrected chi connectivity index (χ3v) is 4.22. The summed E-state index contributed by atoms with van der Waals surface area (Å²) in [5.41, 5.74) is 0. The maximum atomic E-state index is 12.4. The van der Waals surface area contributed by atoms with Crippen molar-refractivity contribution in [2.75, 3.05) is 32.8 Å². The molecule has 0 aromatic heterocycles. The average Bonchev–Trinajstić information content (AvgIpc) is 2.37. The van der Waals surface area contributed by atoms with Crippen LogP contribution in [0.4, 0.5) is 0 Å². The fraction of sp³-hybridized carbons (Fsp3) is 0.917. The van der Waals surface area contributed by atoms with Crippen LogP contribution in [-0.4, -0.2) is 58.1 Å². The summed E-state index contributed by atoms with van der Waals surface area (Å²) in [6.07, 6.45) is 0.473. The smallest absolute Gasteiger partial charge is 0.277 e. The Morgan fingerprint density at radius 1 is 1.30 bits per heavy atom. The molecule has 1 rings (SSSR count). The van der Waals surface area contributed by atoms with Crippen LogP contribution in [0.5, 0.6) is 0 Å². The second-order valence-corrected chi connectivity index (χ2v) is 6.77. The van der Waals surface area contributed by atoms with Crippen LogP contribution in [0.2, 0.25) is 0 Å². The topological polar surface area (TPSA) is 87.7 Å². The highest BCUT2D eigenvalue weighted by molar-refractivity contribution is 7.87. The Morgan fingerprint density at radius 3 is 2.40 bits per heavy atom. The van der Waals surface area contributed by atoms with Crippen LogP contribution in [0.1, 0.15) is 27.2 Å². The predicted octanol–water partition coefficient (Wildman–Crippen LogP) is -0.296. The Labute approximate surface area is 121 Å². The highest BCUT2D eigenvalue weighted by Crippen LogP contribution is 2.10. The lowest BCUT2D eigenvalue weighted by Gasteiger charge is -2.31.